The van der Waals surface area contributed by atoms with Gasteiger partial charge >= 0.3 is 12.1 Å². The van der Waals surface area contributed by atoms with Crippen molar-refractivity contribution in [3.63, 3.8) is 0 Å². The monoisotopic (exact) mass is 488 g/mol. The van der Waals surface area contributed by atoms with E-state index in [1.807, 2.05) is 0 Å². The molecule has 0 bridgehead atoms. The zero-order valence-corrected chi connectivity index (χ0v) is 15.9. The van der Waals surface area contributed by atoms with E-state index in [-0.39, 0.29) is 11.3 Å². The topological polar surface area (TPSA) is 54.6 Å². The summed E-state index contributed by atoms with van der Waals surface area (Å²) in [4.78, 5) is 12.1. The van der Waals surface area contributed by atoms with Crippen LogP contribution in [0, 0.1) is 0 Å². The number of fused-ring (bicyclic) bond motifs is 1. The Bertz CT molecular complexity index is 1010. The van der Waals surface area contributed by atoms with Gasteiger partial charge in [-0.15, -0.1) is 0 Å². The molecular formula is C17H9Br2F3N2O2. The molecule has 0 radical (unpaired) electrons. The van der Waals surface area contributed by atoms with Gasteiger partial charge in [-0.3, -0.25) is 4.79 Å². The van der Waals surface area contributed by atoms with Crippen molar-refractivity contribution in [2.45, 2.75) is 6.18 Å². The summed E-state index contributed by atoms with van der Waals surface area (Å²) >= 11 is 6.68. The predicted molar refractivity (Wildman–Crippen MR) is 98.1 cm³/mol. The van der Waals surface area contributed by atoms with Crippen LogP contribution < -0.4 is 5.43 Å². The standard InChI is InChI=1S/C17H9Br2F3N2O2/c18-12-5-10-6-14(26-15(10)13(19)7-12)16(25)24-23-8-9-2-1-3-11(4-9)17(20,21)22/h1-8H,(H,24,25)/b23-8-. The molecule has 2 aromatic carbocycles. The van der Waals surface area contributed by atoms with Crippen molar-refractivity contribution in [1.82, 2.24) is 5.43 Å². The third kappa shape index (κ3) is 4.16. The minimum Gasteiger partial charge on any atom is -0.450 e. The van der Waals surface area contributed by atoms with Crippen LogP contribution in [-0.2, 0) is 6.18 Å². The first-order chi connectivity index (χ1) is 12.2. The molecule has 0 unspecified atom stereocenters. The van der Waals surface area contributed by atoms with Gasteiger partial charge in [0.05, 0.1) is 16.3 Å². The minimum atomic E-state index is -4.44. The fourth-order valence-electron chi connectivity index (χ4n) is 2.20. The molecule has 1 N–H and O–H groups in total. The molecule has 1 aromatic heterocycles. The molecule has 9 heteroatoms. The lowest BCUT2D eigenvalue weighted by Crippen LogP contribution is -2.16. The zero-order chi connectivity index (χ0) is 18.9. The van der Waals surface area contributed by atoms with E-state index in [9.17, 15) is 18.0 Å². The molecular weight excluding hydrogens is 481 g/mol. The van der Waals surface area contributed by atoms with Crippen LogP contribution in [0.15, 0.2) is 60.9 Å². The van der Waals surface area contributed by atoms with Gasteiger partial charge in [0.2, 0.25) is 0 Å². The highest BCUT2D eigenvalue weighted by Gasteiger charge is 2.30. The van der Waals surface area contributed by atoms with Crippen molar-refractivity contribution in [1.29, 1.82) is 0 Å². The SMILES string of the molecule is O=C(N/N=C\c1cccc(C(F)(F)F)c1)c1cc2cc(Br)cc(Br)c2o1. The number of nitrogens with one attached hydrogen (secondary N) is 1. The number of nitrogens with zero attached hydrogens (tertiary/aromatic N) is 1. The Morgan fingerprint density at radius 2 is 1.92 bits per heavy atom. The second kappa shape index (κ2) is 7.24. The highest BCUT2D eigenvalue weighted by molar-refractivity contribution is 9.11. The lowest BCUT2D eigenvalue weighted by molar-refractivity contribution is -0.137. The number of halogens is 5. The highest BCUT2D eigenvalue weighted by Crippen LogP contribution is 2.31. The molecule has 0 aliphatic carbocycles. The summed E-state index contributed by atoms with van der Waals surface area (Å²) in [5, 5.41) is 4.39. The van der Waals surface area contributed by atoms with Gasteiger partial charge in [-0.2, -0.15) is 18.3 Å². The Morgan fingerprint density at radius 1 is 1.15 bits per heavy atom. The van der Waals surface area contributed by atoms with Crippen LogP contribution in [0.5, 0.6) is 0 Å². The maximum atomic E-state index is 12.7. The summed E-state index contributed by atoms with van der Waals surface area (Å²) < 4.78 is 45.0. The third-order valence-electron chi connectivity index (χ3n) is 3.35. The van der Waals surface area contributed by atoms with Gasteiger partial charge in [-0.05, 0) is 51.8 Å². The summed E-state index contributed by atoms with van der Waals surface area (Å²) in [5.74, 6) is -0.590. The lowest BCUT2D eigenvalue weighted by atomic mass is 10.1. The van der Waals surface area contributed by atoms with E-state index in [2.05, 4.69) is 42.4 Å². The fraction of sp³-hybridized carbons (Fsp3) is 0.0588. The van der Waals surface area contributed by atoms with Crippen LogP contribution in [0.2, 0.25) is 0 Å². The number of alkyl halides is 3. The normalized spacial score (nSPS) is 12.0. The molecule has 134 valence electrons. The molecule has 26 heavy (non-hydrogen) atoms. The smallest absolute Gasteiger partial charge is 0.416 e. The van der Waals surface area contributed by atoms with Gasteiger partial charge in [-0.1, -0.05) is 28.1 Å². The van der Waals surface area contributed by atoms with Gasteiger partial charge < -0.3 is 4.42 Å². The van der Waals surface area contributed by atoms with Crippen molar-refractivity contribution < 1.29 is 22.4 Å². The molecule has 0 fully saturated rings. The number of furan rings is 1. The van der Waals surface area contributed by atoms with E-state index >= 15 is 0 Å². The van der Waals surface area contributed by atoms with Crippen molar-refractivity contribution in [3.8, 4) is 0 Å². The first-order valence-corrected chi connectivity index (χ1v) is 8.72. The Labute approximate surface area is 162 Å². The largest absolute Gasteiger partial charge is 0.450 e. The van der Waals surface area contributed by atoms with Crippen molar-refractivity contribution >= 4 is 55.0 Å². The highest BCUT2D eigenvalue weighted by atomic mass is 79.9. The van der Waals surface area contributed by atoms with Gasteiger partial charge in [0.1, 0.15) is 5.58 Å². The second-order valence-electron chi connectivity index (χ2n) is 5.24. The van der Waals surface area contributed by atoms with E-state index in [1.165, 1.54) is 12.1 Å². The molecule has 0 aliphatic heterocycles. The van der Waals surface area contributed by atoms with Crippen LogP contribution in [0.25, 0.3) is 11.0 Å². The van der Waals surface area contributed by atoms with Gasteiger partial charge in [0, 0.05) is 9.86 Å². The number of carbonyl (C=O) groups is 1. The van der Waals surface area contributed by atoms with E-state index in [0.717, 1.165) is 22.8 Å². The van der Waals surface area contributed by atoms with Gasteiger partial charge in [0.25, 0.3) is 0 Å². The van der Waals surface area contributed by atoms with Crippen molar-refractivity contribution in [2.24, 2.45) is 5.10 Å². The number of benzene rings is 2. The molecule has 1 amide bonds. The minimum absolute atomic E-state index is 0.0278. The third-order valence-corrected chi connectivity index (χ3v) is 4.40. The average Bonchev–Trinajstić information content (AvgIpc) is 2.98. The first kappa shape index (κ1) is 18.7. The molecule has 0 saturated heterocycles. The summed E-state index contributed by atoms with van der Waals surface area (Å²) in [6, 6.07) is 9.71. The Balaban J connectivity index is 1.75. The molecule has 3 aromatic rings. The molecule has 0 atom stereocenters. The molecule has 0 spiro atoms. The van der Waals surface area contributed by atoms with E-state index in [0.29, 0.717) is 15.4 Å². The summed E-state index contributed by atoms with van der Waals surface area (Å²) in [6.07, 6.45) is -3.31. The predicted octanol–water partition coefficient (Wildman–Crippen LogP) is 5.74. The maximum absolute atomic E-state index is 12.7. The molecule has 0 aliphatic rings. The van der Waals surface area contributed by atoms with E-state index in [4.69, 9.17) is 4.42 Å². The Kier molecular flexibility index (Phi) is 5.19. The van der Waals surface area contributed by atoms with Gasteiger partial charge in [-0.25, -0.2) is 5.43 Å². The Morgan fingerprint density at radius 3 is 2.65 bits per heavy atom. The lowest BCUT2D eigenvalue weighted by Gasteiger charge is -2.06. The number of carbonyl (C=O) groups excluding carboxylic acids is 1. The van der Waals surface area contributed by atoms with E-state index < -0.39 is 17.6 Å². The van der Waals surface area contributed by atoms with Crippen LogP contribution in [-0.4, -0.2) is 12.1 Å². The number of hydrazone groups is 1. The zero-order valence-electron chi connectivity index (χ0n) is 12.8. The van der Waals surface area contributed by atoms with Gasteiger partial charge in [0.15, 0.2) is 5.76 Å². The number of hydrogen-bond acceptors (Lipinski definition) is 3. The van der Waals surface area contributed by atoms with Crippen molar-refractivity contribution in [2.75, 3.05) is 0 Å². The summed E-state index contributed by atoms with van der Waals surface area (Å²) in [7, 11) is 0. The number of rotatable bonds is 3. The van der Waals surface area contributed by atoms with Crippen LogP contribution >= 0.6 is 31.9 Å². The Hall–Kier alpha value is -2.13. The molecule has 0 saturated carbocycles. The van der Waals surface area contributed by atoms with Crippen LogP contribution in [0.1, 0.15) is 21.7 Å². The van der Waals surface area contributed by atoms with Crippen LogP contribution in [0.4, 0.5) is 13.2 Å². The first-order valence-electron chi connectivity index (χ1n) is 7.13. The molecule has 4 nitrogen and oxygen atoms in total. The van der Waals surface area contributed by atoms with E-state index in [1.54, 1.807) is 18.2 Å². The fourth-order valence-corrected chi connectivity index (χ4v) is 3.54. The number of amides is 1. The quantitative estimate of drug-likeness (QED) is 0.376. The average molecular weight is 490 g/mol. The van der Waals surface area contributed by atoms with Crippen molar-refractivity contribution in [3.05, 3.63) is 68.3 Å². The molecule has 3 rings (SSSR count). The summed E-state index contributed by atoms with van der Waals surface area (Å²) in [6.45, 7) is 0. The van der Waals surface area contributed by atoms with Crippen LogP contribution in [0.3, 0.4) is 0 Å². The summed E-state index contributed by atoms with van der Waals surface area (Å²) in [5.41, 5.74) is 2.14. The number of hydrogen-bond donors (Lipinski definition) is 1. The molecule has 1 heterocycles. The maximum Gasteiger partial charge on any atom is 0.416 e. The second-order valence-corrected chi connectivity index (χ2v) is 7.01.